The van der Waals surface area contributed by atoms with Gasteiger partial charge in [-0.2, -0.15) is 0 Å². The van der Waals surface area contributed by atoms with Crippen LogP contribution in [0.4, 0.5) is 0 Å². The normalized spacial score (nSPS) is 17.8. The summed E-state index contributed by atoms with van der Waals surface area (Å²) >= 11 is 0. The Morgan fingerprint density at radius 3 is 2.50 bits per heavy atom. The van der Waals surface area contributed by atoms with Gasteiger partial charge >= 0.3 is 0 Å². The molecule has 0 amide bonds. The van der Waals surface area contributed by atoms with Gasteiger partial charge < -0.3 is 0 Å². The summed E-state index contributed by atoms with van der Waals surface area (Å²) in [5, 5.41) is 0. The summed E-state index contributed by atoms with van der Waals surface area (Å²) in [6.07, 6.45) is 5.78. The third kappa shape index (κ3) is 3.20. The predicted octanol–water partition coefficient (Wildman–Crippen LogP) is 3.52. The van der Waals surface area contributed by atoms with Gasteiger partial charge in [0.2, 0.25) is 0 Å². The molecule has 98 valence electrons. The average molecular weight is 245 g/mol. The van der Waals surface area contributed by atoms with Gasteiger partial charge in [0.1, 0.15) is 0 Å². The molecule has 0 N–H and O–H groups in total. The molecule has 1 heterocycles. The van der Waals surface area contributed by atoms with Gasteiger partial charge in [0.05, 0.1) is 6.04 Å². The minimum absolute atomic E-state index is 0.106. The topological polar surface area (TPSA) is 20.3 Å². The van der Waals surface area contributed by atoms with Crippen LogP contribution in [-0.2, 0) is 0 Å². The largest absolute Gasteiger partial charge is 0.293 e. The summed E-state index contributed by atoms with van der Waals surface area (Å²) in [5.74, 6) is 0.311. The van der Waals surface area contributed by atoms with Crippen molar-refractivity contribution in [2.75, 3.05) is 13.1 Å². The average Bonchev–Trinajstić information content (AvgIpc) is 2.94. The zero-order chi connectivity index (χ0) is 12.8. The Balaban J connectivity index is 2.09. The molecule has 0 bridgehead atoms. The van der Waals surface area contributed by atoms with Crippen LogP contribution < -0.4 is 0 Å². The van der Waals surface area contributed by atoms with E-state index >= 15 is 0 Å². The second-order valence-electron chi connectivity index (χ2n) is 5.13. The van der Waals surface area contributed by atoms with Crippen molar-refractivity contribution in [1.82, 2.24) is 4.90 Å². The lowest BCUT2D eigenvalue weighted by atomic mass is 9.98. The number of benzene rings is 1. The summed E-state index contributed by atoms with van der Waals surface area (Å²) in [6.45, 7) is 4.37. The van der Waals surface area contributed by atoms with Gasteiger partial charge in [-0.15, -0.1) is 0 Å². The Kier molecular flexibility index (Phi) is 4.94. The van der Waals surface area contributed by atoms with Crippen molar-refractivity contribution in [3.63, 3.8) is 0 Å². The van der Waals surface area contributed by atoms with Crippen molar-refractivity contribution >= 4 is 5.78 Å². The summed E-state index contributed by atoms with van der Waals surface area (Å²) in [7, 11) is 0. The smallest absolute Gasteiger partial charge is 0.179 e. The highest BCUT2D eigenvalue weighted by molar-refractivity contribution is 6.00. The van der Waals surface area contributed by atoms with Gasteiger partial charge in [-0.25, -0.2) is 0 Å². The molecule has 1 fully saturated rings. The summed E-state index contributed by atoms with van der Waals surface area (Å²) < 4.78 is 0. The van der Waals surface area contributed by atoms with Crippen molar-refractivity contribution in [2.45, 2.75) is 45.1 Å². The molecule has 0 spiro atoms. The molecule has 1 aliphatic heterocycles. The minimum Gasteiger partial charge on any atom is -0.293 e. The lowest BCUT2D eigenvalue weighted by Gasteiger charge is -2.26. The molecule has 0 radical (unpaired) electrons. The summed E-state index contributed by atoms with van der Waals surface area (Å²) in [5.41, 5.74) is 0.866. The Labute approximate surface area is 110 Å². The molecule has 2 rings (SSSR count). The number of carbonyl (C=O) groups is 1. The number of Topliss-reactive ketones (excluding diaryl/α,β-unsaturated/α-hetero) is 1. The summed E-state index contributed by atoms with van der Waals surface area (Å²) in [4.78, 5) is 15.0. The number of hydrogen-bond acceptors (Lipinski definition) is 2. The van der Waals surface area contributed by atoms with Crippen molar-refractivity contribution in [1.29, 1.82) is 0 Å². The van der Waals surface area contributed by atoms with Crippen LogP contribution in [-0.4, -0.2) is 29.8 Å². The molecule has 1 aliphatic rings. The van der Waals surface area contributed by atoms with E-state index in [-0.39, 0.29) is 6.04 Å². The van der Waals surface area contributed by atoms with Gasteiger partial charge in [-0.1, -0.05) is 50.1 Å². The van der Waals surface area contributed by atoms with Gasteiger partial charge in [-0.05, 0) is 32.4 Å². The molecular formula is C16H23NO. The molecule has 0 unspecified atom stereocenters. The molecular weight excluding hydrogens is 222 g/mol. The molecule has 1 aromatic rings. The van der Waals surface area contributed by atoms with E-state index in [1.807, 2.05) is 30.3 Å². The van der Waals surface area contributed by atoms with E-state index in [2.05, 4.69) is 11.8 Å². The van der Waals surface area contributed by atoms with E-state index in [9.17, 15) is 4.79 Å². The molecule has 2 heteroatoms. The fourth-order valence-corrected chi connectivity index (χ4v) is 2.73. The number of ketones is 1. The molecule has 2 nitrogen and oxygen atoms in total. The van der Waals surface area contributed by atoms with Crippen LogP contribution >= 0.6 is 0 Å². The number of rotatable bonds is 6. The van der Waals surface area contributed by atoms with Gasteiger partial charge in [0, 0.05) is 5.56 Å². The molecule has 0 saturated carbocycles. The maximum Gasteiger partial charge on any atom is 0.179 e. The van der Waals surface area contributed by atoms with Gasteiger partial charge in [0.15, 0.2) is 5.78 Å². The van der Waals surface area contributed by atoms with E-state index in [1.54, 1.807) is 0 Å². The van der Waals surface area contributed by atoms with Crippen molar-refractivity contribution in [3.8, 4) is 0 Å². The van der Waals surface area contributed by atoms with Crippen molar-refractivity contribution in [3.05, 3.63) is 35.9 Å². The molecule has 0 aliphatic carbocycles. The molecule has 0 aromatic heterocycles. The number of hydrogen-bond donors (Lipinski definition) is 0. The zero-order valence-electron chi connectivity index (χ0n) is 11.3. The zero-order valence-corrected chi connectivity index (χ0v) is 11.3. The predicted molar refractivity (Wildman–Crippen MR) is 74.9 cm³/mol. The minimum atomic E-state index is 0.106. The van der Waals surface area contributed by atoms with Crippen molar-refractivity contribution in [2.24, 2.45) is 0 Å². The van der Waals surface area contributed by atoms with Crippen LogP contribution in [0.3, 0.4) is 0 Å². The van der Waals surface area contributed by atoms with E-state index in [0.717, 1.165) is 37.9 Å². The third-order valence-corrected chi connectivity index (χ3v) is 3.77. The van der Waals surface area contributed by atoms with E-state index in [4.69, 9.17) is 0 Å². The number of nitrogens with zero attached hydrogens (tertiary/aromatic N) is 1. The molecule has 1 aromatic carbocycles. The van der Waals surface area contributed by atoms with Gasteiger partial charge in [0.25, 0.3) is 0 Å². The fourth-order valence-electron chi connectivity index (χ4n) is 2.73. The second-order valence-corrected chi connectivity index (χ2v) is 5.13. The summed E-state index contributed by atoms with van der Waals surface area (Å²) in [6, 6.07) is 9.86. The van der Waals surface area contributed by atoms with Crippen LogP contribution in [0.1, 0.15) is 49.4 Å². The first kappa shape index (κ1) is 13.3. The third-order valence-electron chi connectivity index (χ3n) is 3.77. The van der Waals surface area contributed by atoms with Crippen LogP contribution in [0.5, 0.6) is 0 Å². The Morgan fingerprint density at radius 2 is 1.89 bits per heavy atom. The highest BCUT2D eigenvalue weighted by Crippen LogP contribution is 2.20. The first-order valence-corrected chi connectivity index (χ1v) is 7.16. The quantitative estimate of drug-likeness (QED) is 0.715. The maximum absolute atomic E-state index is 12.6. The van der Waals surface area contributed by atoms with Crippen molar-refractivity contribution < 1.29 is 4.79 Å². The Morgan fingerprint density at radius 1 is 1.22 bits per heavy atom. The Hall–Kier alpha value is -1.15. The second kappa shape index (κ2) is 6.69. The molecule has 18 heavy (non-hydrogen) atoms. The van der Waals surface area contributed by atoms with Crippen LogP contribution in [0, 0.1) is 0 Å². The lowest BCUT2D eigenvalue weighted by Crippen LogP contribution is -2.39. The fraction of sp³-hybridized carbons (Fsp3) is 0.562. The first-order chi connectivity index (χ1) is 8.83. The van der Waals surface area contributed by atoms with E-state index < -0.39 is 0 Å². The Bertz CT molecular complexity index is 368. The number of likely N-dealkylation sites (tertiary alicyclic amines) is 1. The number of carbonyl (C=O) groups excluding carboxylic acids is 1. The van der Waals surface area contributed by atoms with Crippen LogP contribution in [0.25, 0.3) is 0 Å². The highest BCUT2D eigenvalue weighted by atomic mass is 16.1. The van der Waals surface area contributed by atoms with Crippen LogP contribution in [0.15, 0.2) is 30.3 Å². The molecule has 1 saturated heterocycles. The SMILES string of the molecule is CCCC[C@H](C(=O)c1ccccc1)N1CCCC1. The van der Waals surface area contributed by atoms with Gasteiger partial charge in [-0.3, -0.25) is 9.69 Å². The monoisotopic (exact) mass is 245 g/mol. The lowest BCUT2D eigenvalue weighted by molar-refractivity contribution is 0.0835. The first-order valence-electron chi connectivity index (χ1n) is 7.16. The standard InChI is InChI=1S/C16H23NO/c1-2-3-11-15(17-12-7-8-13-17)16(18)14-9-5-4-6-10-14/h4-6,9-10,15H,2-3,7-8,11-13H2,1H3/t15-/m1/s1. The number of unbranched alkanes of at least 4 members (excludes halogenated alkanes) is 1. The van der Waals surface area contributed by atoms with E-state index in [0.29, 0.717) is 5.78 Å². The van der Waals surface area contributed by atoms with Crippen LogP contribution in [0.2, 0.25) is 0 Å². The maximum atomic E-state index is 12.6. The molecule has 1 atom stereocenters. The highest BCUT2D eigenvalue weighted by Gasteiger charge is 2.27. The van der Waals surface area contributed by atoms with E-state index in [1.165, 1.54) is 12.8 Å².